The van der Waals surface area contributed by atoms with E-state index in [0.717, 1.165) is 0 Å². The lowest BCUT2D eigenvalue weighted by Crippen LogP contribution is -2.62. The summed E-state index contributed by atoms with van der Waals surface area (Å²) in [4.78, 5) is 103. The number of nitro benzene ring substituents is 3. The molecule has 0 radical (unpaired) electrons. The first-order chi connectivity index (χ1) is 29.0. The van der Waals surface area contributed by atoms with Gasteiger partial charge in [-0.3, -0.25) is 44.7 Å². The summed E-state index contributed by atoms with van der Waals surface area (Å²) in [6, 6.07) is 15.3. The van der Waals surface area contributed by atoms with Crippen molar-refractivity contribution in [2.75, 3.05) is 20.6 Å². The second-order valence-corrected chi connectivity index (χ2v) is 16.2. The Bertz CT molecular complexity index is 2270. The summed E-state index contributed by atoms with van der Waals surface area (Å²) in [7, 11) is 3.21. The van der Waals surface area contributed by atoms with Crippen molar-refractivity contribution < 1.29 is 53.0 Å². The van der Waals surface area contributed by atoms with E-state index in [9.17, 15) is 54.3 Å². The number of non-ortho nitro benzene ring substituents is 3. The molecule has 2 saturated heterocycles. The Morgan fingerprint density at radius 2 is 1.31 bits per heavy atom. The number of benzene rings is 3. The molecule has 1 unspecified atom stereocenters. The number of nitrogens with zero attached hydrogens (tertiary/aromatic N) is 6. The van der Waals surface area contributed by atoms with Gasteiger partial charge in [-0.2, -0.15) is 0 Å². The van der Waals surface area contributed by atoms with Gasteiger partial charge in [0.15, 0.2) is 0 Å². The van der Waals surface area contributed by atoms with Gasteiger partial charge < -0.3 is 28.9 Å². The number of rotatable bonds is 16. The van der Waals surface area contributed by atoms with Crippen LogP contribution in [0.1, 0.15) is 42.9 Å². The second kappa shape index (κ2) is 18.6. The van der Waals surface area contributed by atoms with Crippen molar-refractivity contribution in [2.45, 2.75) is 69.3 Å². The van der Waals surface area contributed by atoms with Gasteiger partial charge in [0, 0.05) is 86.1 Å². The van der Waals surface area contributed by atoms with Crippen LogP contribution in [0, 0.1) is 36.3 Å². The maximum Gasteiger partial charge on any atom is 0.508 e. The molecule has 0 aliphatic carbocycles. The highest BCUT2D eigenvalue weighted by molar-refractivity contribution is 8.03. The molecule has 3 heterocycles. The van der Waals surface area contributed by atoms with Crippen LogP contribution in [0.2, 0.25) is 0 Å². The molecule has 0 bridgehead atoms. The standard InChI is InChI=1S/C40H40N6O14S/c1-23(60-40(51)59-22-26-8-14-29(15-9-26)46(56)57)36-32-19-33(37(43(32)38(36)49)39(50)58-21-25-6-12-28(13-7-25)45(54)55)61-31-17-30(18-34(47)41(2)3)42(20-31)35(48)16-24-4-10-27(11-5-24)44(52)53/h4-15,23,30-32,36H,16-22H2,1-3H3/t23?,30-,31-,32+,36+/m0/s1. The highest BCUT2D eigenvalue weighted by Gasteiger charge is 2.58. The summed E-state index contributed by atoms with van der Waals surface area (Å²) in [5.74, 6) is -2.75. The van der Waals surface area contributed by atoms with E-state index in [4.69, 9.17) is 14.2 Å². The van der Waals surface area contributed by atoms with Gasteiger partial charge >= 0.3 is 12.1 Å². The first-order valence-electron chi connectivity index (χ1n) is 18.9. The van der Waals surface area contributed by atoms with Crippen LogP contribution in [0.15, 0.2) is 83.4 Å². The molecule has 3 aromatic rings. The lowest BCUT2D eigenvalue weighted by molar-refractivity contribution is -0.385. The molecule has 0 aromatic heterocycles. The predicted molar refractivity (Wildman–Crippen MR) is 214 cm³/mol. The Hall–Kier alpha value is -6.90. The molecule has 61 heavy (non-hydrogen) atoms. The number of carbonyl (C=O) groups is 5. The van der Waals surface area contributed by atoms with E-state index in [2.05, 4.69) is 0 Å². The topological polar surface area (TPSA) is 252 Å². The number of carbonyl (C=O) groups excluding carboxylic acids is 5. The van der Waals surface area contributed by atoms with Crippen molar-refractivity contribution in [1.29, 1.82) is 0 Å². The maximum absolute atomic E-state index is 13.9. The molecule has 3 amide bonds. The first-order valence-corrected chi connectivity index (χ1v) is 19.8. The molecule has 3 aromatic carbocycles. The lowest BCUT2D eigenvalue weighted by Gasteiger charge is -2.45. The van der Waals surface area contributed by atoms with E-state index in [-0.39, 0.29) is 78.8 Å². The molecule has 20 nitrogen and oxygen atoms in total. The molecule has 320 valence electrons. The van der Waals surface area contributed by atoms with Crippen LogP contribution in [0.25, 0.3) is 0 Å². The zero-order chi connectivity index (χ0) is 44.1. The highest BCUT2D eigenvalue weighted by Crippen LogP contribution is 2.50. The van der Waals surface area contributed by atoms with Crippen molar-refractivity contribution >= 4 is 58.7 Å². The van der Waals surface area contributed by atoms with Gasteiger partial charge in [0.05, 0.1) is 33.2 Å². The van der Waals surface area contributed by atoms with Crippen molar-refractivity contribution in [3.63, 3.8) is 0 Å². The Kier molecular flexibility index (Phi) is 13.3. The molecule has 0 spiro atoms. The van der Waals surface area contributed by atoms with Crippen LogP contribution in [0.3, 0.4) is 0 Å². The molecular formula is C40H40N6O14S. The fraction of sp³-hybridized carbons (Fsp3) is 0.375. The molecule has 0 N–H and O–H groups in total. The minimum atomic E-state index is -1.08. The van der Waals surface area contributed by atoms with Gasteiger partial charge in [-0.05, 0) is 54.3 Å². The Morgan fingerprint density at radius 1 is 0.803 bits per heavy atom. The number of hydrogen-bond donors (Lipinski definition) is 0. The van der Waals surface area contributed by atoms with Crippen LogP contribution in [-0.4, -0.2) is 103 Å². The predicted octanol–water partition coefficient (Wildman–Crippen LogP) is 5.06. The van der Waals surface area contributed by atoms with Crippen LogP contribution in [0.4, 0.5) is 21.9 Å². The van der Waals surface area contributed by atoms with E-state index >= 15 is 0 Å². The number of hydrogen-bond acceptors (Lipinski definition) is 15. The largest absolute Gasteiger partial charge is 0.508 e. The molecule has 2 fully saturated rings. The number of nitro groups is 3. The number of likely N-dealkylation sites (tertiary alicyclic amines) is 1. The number of esters is 1. The van der Waals surface area contributed by atoms with Gasteiger partial charge in [-0.15, -0.1) is 11.8 Å². The molecule has 6 rings (SSSR count). The third-order valence-corrected chi connectivity index (χ3v) is 11.9. The fourth-order valence-corrected chi connectivity index (χ4v) is 8.93. The number of thioether (sulfide) groups is 1. The van der Waals surface area contributed by atoms with Crippen molar-refractivity contribution in [1.82, 2.24) is 14.7 Å². The fourth-order valence-electron chi connectivity index (χ4n) is 7.41. The van der Waals surface area contributed by atoms with Gasteiger partial charge in [0.2, 0.25) is 17.7 Å². The summed E-state index contributed by atoms with van der Waals surface area (Å²) in [5, 5.41) is 32.9. The molecule has 5 atom stereocenters. The van der Waals surface area contributed by atoms with Crippen LogP contribution in [-0.2, 0) is 53.0 Å². The Balaban J connectivity index is 1.18. The maximum atomic E-state index is 13.9. The summed E-state index contributed by atoms with van der Waals surface area (Å²) in [6.45, 7) is 1.18. The van der Waals surface area contributed by atoms with Gasteiger partial charge in [-0.25, -0.2) is 9.59 Å². The normalized spacial score (nSPS) is 19.7. The lowest BCUT2D eigenvalue weighted by atomic mass is 9.83. The number of fused-ring (bicyclic) bond motifs is 1. The summed E-state index contributed by atoms with van der Waals surface area (Å²) >= 11 is 1.28. The molecule has 0 saturated carbocycles. The van der Waals surface area contributed by atoms with E-state index < -0.39 is 56.9 Å². The summed E-state index contributed by atoms with van der Waals surface area (Å²) in [6.07, 6.45) is -1.62. The van der Waals surface area contributed by atoms with Crippen molar-refractivity contribution in [3.8, 4) is 0 Å². The van der Waals surface area contributed by atoms with Gasteiger partial charge in [0.25, 0.3) is 17.1 Å². The van der Waals surface area contributed by atoms with Crippen LogP contribution < -0.4 is 0 Å². The molecule has 21 heteroatoms. The van der Waals surface area contributed by atoms with Gasteiger partial charge in [-0.1, -0.05) is 12.1 Å². The van der Waals surface area contributed by atoms with Gasteiger partial charge in [0.1, 0.15) is 25.0 Å². The van der Waals surface area contributed by atoms with Crippen LogP contribution >= 0.6 is 11.8 Å². The van der Waals surface area contributed by atoms with Crippen molar-refractivity contribution in [3.05, 3.63) is 130 Å². The van der Waals surface area contributed by atoms with Crippen LogP contribution in [0.5, 0.6) is 0 Å². The third kappa shape index (κ3) is 10.1. The quantitative estimate of drug-likeness (QED) is 0.0790. The average molecular weight is 861 g/mol. The number of amides is 3. The summed E-state index contributed by atoms with van der Waals surface area (Å²) < 4.78 is 16.3. The first kappa shape index (κ1) is 43.7. The molecular weight excluding hydrogens is 821 g/mol. The zero-order valence-electron chi connectivity index (χ0n) is 33.1. The smallest absolute Gasteiger partial charge is 0.456 e. The highest BCUT2D eigenvalue weighted by atomic mass is 32.2. The van der Waals surface area contributed by atoms with E-state index in [0.29, 0.717) is 28.0 Å². The summed E-state index contributed by atoms with van der Waals surface area (Å²) in [5.41, 5.74) is 1.03. The minimum absolute atomic E-state index is 0.0176. The number of ether oxygens (including phenoxy) is 3. The number of β-lactam (4-membered cyclic amide) rings is 1. The molecule has 3 aliphatic rings. The Labute approximate surface area is 351 Å². The SMILES string of the molecule is CC(OC(=O)OCc1ccc([N+](=O)[O-])cc1)[C@H]1C(=O)N2C(C(=O)OCc3ccc([N+](=O)[O-])cc3)=C(S[C@H]3C[C@@H](CC(=O)N(C)C)N(C(=O)Cc4ccc([N+](=O)[O-])cc4)C3)C[C@H]12. The second-order valence-electron chi connectivity index (χ2n) is 14.8. The van der Waals surface area contributed by atoms with Crippen molar-refractivity contribution in [2.24, 2.45) is 5.92 Å². The average Bonchev–Trinajstić information content (AvgIpc) is 3.77. The minimum Gasteiger partial charge on any atom is -0.456 e. The molecule has 3 aliphatic heterocycles. The zero-order valence-corrected chi connectivity index (χ0v) is 33.9. The van der Waals surface area contributed by atoms with E-state index in [1.165, 1.54) is 101 Å². The Morgan fingerprint density at radius 3 is 1.82 bits per heavy atom. The van der Waals surface area contributed by atoms with E-state index in [1.54, 1.807) is 19.0 Å². The van der Waals surface area contributed by atoms with E-state index in [1.807, 2.05) is 0 Å². The third-order valence-electron chi connectivity index (χ3n) is 10.6. The monoisotopic (exact) mass is 860 g/mol.